The number of anilines is 1. The molecule has 1 saturated heterocycles. The van der Waals surface area contributed by atoms with Crippen LogP contribution in [0.1, 0.15) is 44.6 Å². The number of nitrogens with two attached hydrogens (primary N) is 1. The molecule has 1 aliphatic heterocycles. The summed E-state index contributed by atoms with van der Waals surface area (Å²) in [5.41, 5.74) is 7.14. The molecule has 0 saturated carbocycles. The van der Waals surface area contributed by atoms with Gasteiger partial charge >= 0.3 is 0 Å². The van der Waals surface area contributed by atoms with Gasteiger partial charge in [-0.3, -0.25) is 0 Å². The third-order valence-corrected chi connectivity index (χ3v) is 3.39. The van der Waals surface area contributed by atoms with Gasteiger partial charge in [-0.1, -0.05) is 20.8 Å². The summed E-state index contributed by atoms with van der Waals surface area (Å²) in [6.07, 6.45) is 1.11. The topological polar surface area (TPSA) is 55.0 Å². The van der Waals surface area contributed by atoms with Gasteiger partial charge in [-0.25, -0.2) is 9.97 Å². The van der Waals surface area contributed by atoms with Crippen molar-refractivity contribution in [3.05, 3.63) is 17.6 Å². The van der Waals surface area contributed by atoms with Gasteiger partial charge in [-0.05, 0) is 19.3 Å². The van der Waals surface area contributed by atoms with Crippen LogP contribution < -0.4 is 10.6 Å². The Balaban J connectivity index is 2.26. The average molecular weight is 248 g/mol. The highest BCUT2D eigenvalue weighted by atomic mass is 15.2. The lowest BCUT2D eigenvalue weighted by Crippen LogP contribution is -2.46. The second-order valence-corrected chi connectivity index (χ2v) is 5.89. The van der Waals surface area contributed by atoms with Gasteiger partial charge < -0.3 is 10.6 Å². The zero-order valence-electron chi connectivity index (χ0n) is 11.8. The van der Waals surface area contributed by atoms with E-state index in [0.29, 0.717) is 11.8 Å². The molecule has 4 nitrogen and oxygen atoms in total. The van der Waals surface area contributed by atoms with Crippen LogP contribution in [-0.2, 0) is 0 Å². The maximum absolute atomic E-state index is 6.10. The van der Waals surface area contributed by atoms with Crippen LogP contribution in [0.5, 0.6) is 0 Å². The molecule has 1 aromatic rings. The van der Waals surface area contributed by atoms with E-state index >= 15 is 0 Å². The summed E-state index contributed by atoms with van der Waals surface area (Å²) < 4.78 is 0. The summed E-state index contributed by atoms with van der Waals surface area (Å²) in [6, 6.07) is 2.32. The van der Waals surface area contributed by atoms with Gasteiger partial charge in [0.25, 0.3) is 0 Å². The van der Waals surface area contributed by atoms with Crippen LogP contribution in [-0.4, -0.2) is 29.1 Å². The van der Waals surface area contributed by atoms with Crippen LogP contribution in [0.2, 0.25) is 0 Å². The number of piperidine rings is 1. The van der Waals surface area contributed by atoms with Gasteiger partial charge in [0, 0.05) is 36.8 Å². The smallest absolute Gasteiger partial charge is 0.133 e. The number of rotatable bonds is 2. The Bertz CT molecular complexity index is 406. The Kier molecular flexibility index (Phi) is 3.85. The van der Waals surface area contributed by atoms with E-state index in [9.17, 15) is 0 Å². The number of aryl methyl sites for hydroxylation is 1. The van der Waals surface area contributed by atoms with E-state index in [-0.39, 0.29) is 6.04 Å². The van der Waals surface area contributed by atoms with Crippen LogP contribution in [0.4, 0.5) is 5.82 Å². The fourth-order valence-corrected chi connectivity index (χ4v) is 2.58. The molecule has 4 heteroatoms. The zero-order chi connectivity index (χ0) is 13.3. The summed E-state index contributed by atoms with van der Waals surface area (Å²) in [5.74, 6) is 2.95. The second-order valence-electron chi connectivity index (χ2n) is 5.89. The molecule has 2 rings (SSSR count). The summed E-state index contributed by atoms with van der Waals surface area (Å²) in [4.78, 5) is 11.5. The van der Waals surface area contributed by atoms with Crippen molar-refractivity contribution >= 4 is 5.82 Å². The summed E-state index contributed by atoms with van der Waals surface area (Å²) in [6.45, 7) is 10.5. The molecule has 2 N–H and O–H groups in total. The number of nitrogens with zero attached hydrogens (tertiary/aromatic N) is 3. The molecule has 2 unspecified atom stereocenters. The van der Waals surface area contributed by atoms with Crippen molar-refractivity contribution in [2.45, 2.75) is 46.1 Å². The van der Waals surface area contributed by atoms with E-state index in [1.54, 1.807) is 0 Å². The van der Waals surface area contributed by atoms with Crippen molar-refractivity contribution in [2.24, 2.45) is 11.7 Å². The molecule has 0 spiro atoms. The molecule has 18 heavy (non-hydrogen) atoms. The number of hydrogen-bond acceptors (Lipinski definition) is 4. The predicted molar refractivity (Wildman–Crippen MR) is 74.8 cm³/mol. The molecule has 2 heterocycles. The third kappa shape index (κ3) is 2.99. The van der Waals surface area contributed by atoms with Crippen LogP contribution in [0, 0.1) is 12.8 Å². The van der Waals surface area contributed by atoms with Gasteiger partial charge in [0.15, 0.2) is 0 Å². The Labute approximate surface area is 110 Å². The minimum absolute atomic E-state index is 0.256. The maximum Gasteiger partial charge on any atom is 0.133 e. The summed E-state index contributed by atoms with van der Waals surface area (Å²) >= 11 is 0. The molecule has 0 amide bonds. The molecule has 0 radical (unpaired) electrons. The van der Waals surface area contributed by atoms with Crippen LogP contribution in [0.15, 0.2) is 6.07 Å². The highest BCUT2D eigenvalue weighted by Crippen LogP contribution is 2.22. The van der Waals surface area contributed by atoms with Gasteiger partial charge in [-0.15, -0.1) is 0 Å². The van der Waals surface area contributed by atoms with Crippen LogP contribution >= 0.6 is 0 Å². The summed E-state index contributed by atoms with van der Waals surface area (Å²) in [5, 5.41) is 0. The molecule has 0 aromatic carbocycles. The Morgan fingerprint density at radius 2 is 2.06 bits per heavy atom. The lowest BCUT2D eigenvalue weighted by molar-refractivity contribution is 0.399. The normalized spacial score (nSPS) is 24.7. The first kappa shape index (κ1) is 13.3. The third-order valence-electron chi connectivity index (χ3n) is 3.39. The lowest BCUT2D eigenvalue weighted by Gasteiger charge is -2.35. The SMILES string of the molecule is Cc1cc(N2CC(C)CC(N)C2)nc(C(C)C)n1. The average Bonchev–Trinajstić information content (AvgIpc) is 2.26. The van der Waals surface area contributed by atoms with Crippen LogP contribution in [0.25, 0.3) is 0 Å². The lowest BCUT2D eigenvalue weighted by atomic mass is 9.96. The van der Waals surface area contributed by atoms with Crippen molar-refractivity contribution < 1.29 is 0 Å². The Morgan fingerprint density at radius 3 is 2.67 bits per heavy atom. The number of hydrogen-bond donors (Lipinski definition) is 1. The predicted octanol–water partition coefficient (Wildman–Crippen LogP) is 2.08. The van der Waals surface area contributed by atoms with Gasteiger partial charge in [0.2, 0.25) is 0 Å². The highest BCUT2D eigenvalue weighted by Gasteiger charge is 2.23. The standard InChI is InChI=1S/C14H24N4/c1-9(2)14-16-11(4)6-13(17-14)18-7-10(3)5-12(15)8-18/h6,9-10,12H,5,7-8,15H2,1-4H3. The maximum atomic E-state index is 6.10. The molecule has 1 fully saturated rings. The van der Waals surface area contributed by atoms with Crippen LogP contribution in [0.3, 0.4) is 0 Å². The zero-order valence-corrected chi connectivity index (χ0v) is 11.8. The van der Waals surface area contributed by atoms with Crippen molar-refractivity contribution in [1.82, 2.24) is 9.97 Å². The van der Waals surface area contributed by atoms with Gasteiger partial charge in [0.05, 0.1) is 0 Å². The minimum Gasteiger partial charge on any atom is -0.355 e. The van der Waals surface area contributed by atoms with Crippen molar-refractivity contribution in [2.75, 3.05) is 18.0 Å². The molecule has 100 valence electrons. The van der Waals surface area contributed by atoms with Crippen molar-refractivity contribution in [3.8, 4) is 0 Å². The van der Waals surface area contributed by atoms with E-state index in [2.05, 4.69) is 41.7 Å². The molecule has 1 aliphatic rings. The molecule has 0 bridgehead atoms. The molecule has 1 aromatic heterocycles. The van der Waals surface area contributed by atoms with E-state index in [1.807, 2.05) is 6.92 Å². The first-order chi connectivity index (χ1) is 8.45. The first-order valence-corrected chi connectivity index (χ1v) is 6.81. The molecular weight excluding hydrogens is 224 g/mol. The molecule has 0 aliphatic carbocycles. The molecule has 2 atom stereocenters. The van der Waals surface area contributed by atoms with E-state index in [4.69, 9.17) is 5.73 Å². The Hall–Kier alpha value is -1.16. The van der Waals surface area contributed by atoms with E-state index in [0.717, 1.165) is 36.8 Å². The second kappa shape index (κ2) is 5.22. The van der Waals surface area contributed by atoms with E-state index < -0.39 is 0 Å². The highest BCUT2D eigenvalue weighted by molar-refractivity contribution is 5.41. The summed E-state index contributed by atoms with van der Waals surface area (Å²) in [7, 11) is 0. The van der Waals surface area contributed by atoms with Crippen molar-refractivity contribution in [3.63, 3.8) is 0 Å². The fourth-order valence-electron chi connectivity index (χ4n) is 2.58. The quantitative estimate of drug-likeness (QED) is 0.870. The monoisotopic (exact) mass is 248 g/mol. The van der Waals surface area contributed by atoms with Crippen molar-refractivity contribution in [1.29, 1.82) is 0 Å². The molecular formula is C14H24N4. The van der Waals surface area contributed by atoms with Gasteiger partial charge in [-0.2, -0.15) is 0 Å². The Morgan fingerprint density at radius 1 is 1.33 bits per heavy atom. The number of aromatic nitrogens is 2. The minimum atomic E-state index is 0.256. The fraction of sp³-hybridized carbons (Fsp3) is 0.714. The van der Waals surface area contributed by atoms with Gasteiger partial charge in [0.1, 0.15) is 11.6 Å². The largest absolute Gasteiger partial charge is 0.355 e. The van der Waals surface area contributed by atoms with E-state index in [1.165, 1.54) is 0 Å². The first-order valence-electron chi connectivity index (χ1n) is 6.81.